The fraction of sp³-hybridized carbons (Fsp3) is 0.500. The molecule has 1 aromatic rings. The number of hydrogen-bond donors (Lipinski definition) is 1. The third-order valence-corrected chi connectivity index (χ3v) is 2.98. The predicted molar refractivity (Wildman–Crippen MR) is 66.6 cm³/mol. The molecule has 0 fully saturated rings. The second-order valence-corrected chi connectivity index (χ2v) is 5.00. The van der Waals surface area contributed by atoms with E-state index >= 15 is 0 Å². The highest BCUT2D eigenvalue weighted by molar-refractivity contribution is 9.10. The summed E-state index contributed by atoms with van der Waals surface area (Å²) in [7, 11) is 0. The summed E-state index contributed by atoms with van der Waals surface area (Å²) < 4.78 is 0.600. The molecular weight excluding hydrogens is 274 g/mol. The molecule has 0 radical (unpaired) electrons. The Labute approximate surface area is 103 Å². The lowest BCUT2D eigenvalue weighted by Gasteiger charge is -2.25. The molecule has 0 bridgehead atoms. The highest BCUT2D eigenvalue weighted by atomic mass is 79.9. The van der Waals surface area contributed by atoms with Gasteiger partial charge in [0.05, 0.1) is 9.40 Å². The first kappa shape index (κ1) is 12.9. The first-order valence-electron chi connectivity index (χ1n) is 4.94. The van der Waals surface area contributed by atoms with Crippen molar-refractivity contribution in [1.29, 1.82) is 0 Å². The molecular formula is C10H14BrN3O2. The lowest BCUT2D eigenvalue weighted by molar-refractivity contribution is -0.385. The molecule has 1 heterocycles. The molecule has 0 saturated heterocycles. The zero-order valence-corrected chi connectivity index (χ0v) is 11.0. The molecule has 0 aromatic carbocycles. The molecule has 1 N–H and O–H groups in total. The third-order valence-electron chi connectivity index (χ3n) is 2.38. The molecule has 1 aromatic heterocycles. The van der Waals surface area contributed by atoms with E-state index in [2.05, 4.69) is 33.2 Å². The molecule has 0 spiro atoms. The van der Waals surface area contributed by atoms with Gasteiger partial charge >= 0.3 is 0 Å². The van der Waals surface area contributed by atoms with Crippen LogP contribution in [0, 0.1) is 10.1 Å². The smallest absolute Gasteiger partial charge is 0.288 e. The van der Waals surface area contributed by atoms with Crippen LogP contribution in [0.4, 0.5) is 11.5 Å². The minimum absolute atomic E-state index is 0.0215. The predicted octanol–water partition coefficient (Wildman–Crippen LogP) is 3.35. The minimum atomic E-state index is -0.466. The Morgan fingerprint density at radius 3 is 2.69 bits per heavy atom. The Kier molecular flexibility index (Phi) is 3.85. The van der Waals surface area contributed by atoms with Crippen LogP contribution in [0.3, 0.4) is 0 Å². The summed E-state index contributed by atoms with van der Waals surface area (Å²) in [5, 5.41) is 13.8. The number of rotatable bonds is 4. The highest BCUT2D eigenvalue weighted by Gasteiger charge is 2.18. The van der Waals surface area contributed by atoms with E-state index in [0.29, 0.717) is 10.3 Å². The van der Waals surface area contributed by atoms with Gasteiger partial charge in [0.2, 0.25) is 0 Å². The lowest BCUT2D eigenvalue weighted by atomic mass is 10.0. The van der Waals surface area contributed by atoms with E-state index in [4.69, 9.17) is 0 Å². The molecule has 0 aliphatic carbocycles. The summed E-state index contributed by atoms with van der Waals surface area (Å²) in [6, 6.07) is 1.45. The lowest BCUT2D eigenvalue weighted by Crippen LogP contribution is -2.30. The molecule has 0 atom stereocenters. The van der Waals surface area contributed by atoms with Crippen molar-refractivity contribution >= 4 is 27.4 Å². The van der Waals surface area contributed by atoms with Gasteiger partial charge < -0.3 is 5.32 Å². The number of halogens is 1. The zero-order valence-electron chi connectivity index (χ0n) is 9.45. The fourth-order valence-corrected chi connectivity index (χ4v) is 1.46. The highest BCUT2D eigenvalue weighted by Crippen LogP contribution is 2.27. The zero-order chi connectivity index (χ0) is 12.3. The van der Waals surface area contributed by atoms with Crippen LogP contribution >= 0.6 is 15.9 Å². The van der Waals surface area contributed by atoms with Gasteiger partial charge in [-0.1, -0.05) is 6.92 Å². The van der Waals surface area contributed by atoms with Crippen molar-refractivity contribution in [2.75, 3.05) is 5.32 Å². The Hall–Kier alpha value is -1.17. The van der Waals surface area contributed by atoms with Crippen LogP contribution in [0.15, 0.2) is 16.7 Å². The van der Waals surface area contributed by atoms with Crippen LogP contribution in [0.5, 0.6) is 0 Å². The van der Waals surface area contributed by atoms with Crippen molar-refractivity contribution in [2.45, 2.75) is 32.7 Å². The minimum Gasteiger partial charge on any atom is -0.364 e. The van der Waals surface area contributed by atoms with Crippen LogP contribution in [-0.4, -0.2) is 15.4 Å². The Balaban J connectivity index is 2.96. The largest absolute Gasteiger partial charge is 0.364 e. The van der Waals surface area contributed by atoms with Crippen molar-refractivity contribution in [1.82, 2.24) is 4.98 Å². The van der Waals surface area contributed by atoms with Gasteiger partial charge in [0.1, 0.15) is 12.0 Å². The number of pyridine rings is 1. The number of hydrogen-bond acceptors (Lipinski definition) is 4. The Bertz CT molecular complexity index is 407. The van der Waals surface area contributed by atoms with Gasteiger partial charge in [0.25, 0.3) is 5.69 Å². The topological polar surface area (TPSA) is 68.1 Å². The average molecular weight is 288 g/mol. The summed E-state index contributed by atoms with van der Waals surface area (Å²) in [5.41, 5.74) is -0.113. The maximum Gasteiger partial charge on any atom is 0.288 e. The molecule has 0 unspecified atom stereocenters. The van der Waals surface area contributed by atoms with E-state index < -0.39 is 4.92 Å². The molecule has 0 aliphatic heterocycles. The van der Waals surface area contributed by atoms with Crippen LogP contribution < -0.4 is 5.32 Å². The third kappa shape index (κ3) is 3.16. The Morgan fingerprint density at radius 1 is 1.62 bits per heavy atom. The molecule has 0 amide bonds. The number of aromatic nitrogens is 1. The van der Waals surface area contributed by atoms with Gasteiger partial charge in [-0.3, -0.25) is 10.1 Å². The summed E-state index contributed by atoms with van der Waals surface area (Å²) >= 11 is 3.27. The van der Waals surface area contributed by atoms with Crippen LogP contribution in [0.25, 0.3) is 0 Å². The van der Waals surface area contributed by atoms with Gasteiger partial charge in [-0.25, -0.2) is 4.98 Å². The summed E-state index contributed by atoms with van der Waals surface area (Å²) in [4.78, 5) is 14.1. The second-order valence-electron chi connectivity index (χ2n) is 4.14. The van der Waals surface area contributed by atoms with Gasteiger partial charge in [0.15, 0.2) is 0 Å². The van der Waals surface area contributed by atoms with E-state index in [-0.39, 0.29) is 11.2 Å². The van der Waals surface area contributed by atoms with Crippen molar-refractivity contribution < 1.29 is 4.92 Å². The molecule has 5 nitrogen and oxygen atoms in total. The van der Waals surface area contributed by atoms with Crippen molar-refractivity contribution in [2.24, 2.45) is 0 Å². The fourth-order valence-electron chi connectivity index (χ4n) is 1.03. The van der Waals surface area contributed by atoms with Gasteiger partial charge in [0, 0.05) is 11.6 Å². The van der Waals surface area contributed by atoms with E-state index in [9.17, 15) is 10.1 Å². The van der Waals surface area contributed by atoms with Gasteiger partial charge in [-0.2, -0.15) is 0 Å². The standard InChI is InChI=1S/C10H14BrN3O2/c1-4-10(2,3)13-9-8(11)5-7(6-12-9)14(15)16/h5-6H,4H2,1-3H3,(H,12,13). The van der Waals surface area contributed by atoms with Crippen molar-refractivity contribution in [3.63, 3.8) is 0 Å². The molecule has 88 valence electrons. The monoisotopic (exact) mass is 287 g/mol. The van der Waals surface area contributed by atoms with E-state index in [1.54, 1.807) is 0 Å². The van der Waals surface area contributed by atoms with E-state index in [0.717, 1.165) is 6.42 Å². The van der Waals surface area contributed by atoms with Gasteiger partial charge in [-0.15, -0.1) is 0 Å². The molecule has 1 rings (SSSR count). The summed E-state index contributed by atoms with van der Waals surface area (Å²) in [5.74, 6) is 0.623. The average Bonchev–Trinajstić information content (AvgIpc) is 2.20. The quantitative estimate of drug-likeness (QED) is 0.681. The summed E-state index contributed by atoms with van der Waals surface area (Å²) in [6.45, 7) is 6.15. The van der Waals surface area contributed by atoms with Crippen LogP contribution in [-0.2, 0) is 0 Å². The molecule has 6 heteroatoms. The maximum atomic E-state index is 10.5. The normalized spacial score (nSPS) is 11.2. The second kappa shape index (κ2) is 4.78. The number of anilines is 1. The molecule has 0 aliphatic rings. The first-order valence-corrected chi connectivity index (χ1v) is 5.73. The molecule has 0 saturated carbocycles. The van der Waals surface area contributed by atoms with E-state index in [1.165, 1.54) is 12.3 Å². The number of nitrogens with zero attached hydrogens (tertiary/aromatic N) is 2. The first-order chi connectivity index (χ1) is 7.35. The summed E-state index contributed by atoms with van der Waals surface area (Å²) in [6.07, 6.45) is 2.18. The van der Waals surface area contributed by atoms with Crippen LogP contribution in [0.1, 0.15) is 27.2 Å². The maximum absolute atomic E-state index is 10.5. The SMILES string of the molecule is CCC(C)(C)Nc1ncc([N+](=O)[O-])cc1Br. The van der Waals surface area contributed by atoms with Crippen molar-refractivity contribution in [3.05, 3.63) is 26.9 Å². The Morgan fingerprint density at radius 2 is 2.25 bits per heavy atom. The van der Waals surface area contributed by atoms with Crippen LogP contribution in [0.2, 0.25) is 0 Å². The number of nitrogens with one attached hydrogen (secondary N) is 1. The van der Waals surface area contributed by atoms with Crippen molar-refractivity contribution in [3.8, 4) is 0 Å². The van der Waals surface area contributed by atoms with E-state index in [1.807, 2.05) is 13.8 Å². The number of nitro groups is 1. The van der Waals surface area contributed by atoms with Gasteiger partial charge in [-0.05, 0) is 36.2 Å². The molecule has 16 heavy (non-hydrogen) atoms.